The van der Waals surface area contributed by atoms with Crippen LogP contribution in [0.5, 0.6) is 0 Å². The molecule has 0 aliphatic heterocycles. The Morgan fingerprint density at radius 3 is 2.06 bits per heavy atom. The Morgan fingerprint density at radius 2 is 1.65 bits per heavy atom. The number of hydrogen-bond donors (Lipinski definition) is 1. The van der Waals surface area contributed by atoms with Crippen LogP contribution in [0.25, 0.3) is 0 Å². The molecule has 5 heteroatoms. The Hall–Kier alpha value is -1.07. The second-order valence-corrected chi connectivity index (χ2v) is 6.44. The van der Waals surface area contributed by atoms with Gasteiger partial charge in [-0.15, -0.1) is 0 Å². The van der Waals surface area contributed by atoms with Crippen LogP contribution >= 0.6 is 0 Å². The maximum absolute atomic E-state index is 12.0. The quantitative estimate of drug-likeness (QED) is 0.884. The van der Waals surface area contributed by atoms with E-state index in [0.717, 1.165) is 22.4 Å². The Balaban J connectivity index is 3.26. The van der Waals surface area contributed by atoms with Crippen LogP contribution in [0.2, 0.25) is 0 Å². The molecule has 0 aliphatic carbocycles. The molecule has 0 saturated heterocycles. The molecule has 0 aliphatic rings. The van der Waals surface area contributed by atoms with E-state index in [9.17, 15) is 8.42 Å². The molecule has 0 aromatic heterocycles. The van der Waals surface area contributed by atoms with E-state index in [-0.39, 0.29) is 12.3 Å². The third kappa shape index (κ3) is 2.98. The van der Waals surface area contributed by atoms with E-state index in [1.807, 2.05) is 32.9 Å². The van der Waals surface area contributed by atoms with Crippen LogP contribution < -0.4 is 10.0 Å². The van der Waals surface area contributed by atoms with Crippen LogP contribution in [0.3, 0.4) is 0 Å². The molecule has 0 atom stereocenters. The lowest BCUT2D eigenvalue weighted by molar-refractivity contribution is 0.594. The summed E-state index contributed by atoms with van der Waals surface area (Å²) in [4.78, 5) is 0. The predicted octanol–water partition coefficient (Wildman–Crippen LogP) is 1.34. The zero-order valence-electron chi connectivity index (χ0n) is 10.8. The fourth-order valence-corrected chi connectivity index (χ4v) is 3.23. The fourth-order valence-electron chi connectivity index (χ4n) is 2.09. The van der Waals surface area contributed by atoms with Gasteiger partial charge in [0.15, 0.2) is 0 Å². The molecule has 0 amide bonds. The van der Waals surface area contributed by atoms with E-state index in [4.69, 9.17) is 5.73 Å². The highest BCUT2D eigenvalue weighted by Crippen LogP contribution is 2.27. The van der Waals surface area contributed by atoms with Crippen LogP contribution in [0.15, 0.2) is 12.1 Å². The lowest BCUT2D eigenvalue weighted by Crippen LogP contribution is -2.32. The van der Waals surface area contributed by atoms with Crippen molar-refractivity contribution >= 4 is 15.7 Å². The minimum atomic E-state index is -3.31. The summed E-state index contributed by atoms with van der Waals surface area (Å²) in [5, 5.41) is 0. The Kier molecular flexibility index (Phi) is 4.16. The molecule has 0 bridgehead atoms. The van der Waals surface area contributed by atoms with E-state index in [1.165, 1.54) is 4.31 Å². The molecular formula is C12H20N2O2S. The lowest BCUT2D eigenvalue weighted by atomic mass is 10.1. The van der Waals surface area contributed by atoms with Gasteiger partial charge in [-0.25, -0.2) is 8.42 Å². The van der Waals surface area contributed by atoms with E-state index < -0.39 is 10.0 Å². The molecule has 1 aromatic rings. The topological polar surface area (TPSA) is 63.4 Å². The van der Waals surface area contributed by atoms with Crippen molar-refractivity contribution in [1.29, 1.82) is 0 Å². The summed E-state index contributed by atoms with van der Waals surface area (Å²) < 4.78 is 25.3. The minimum absolute atomic E-state index is 0.0315. The smallest absolute Gasteiger partial charge is 0.236 e. The van der Waals surface area contributed by atoms with Crippen molar-refractivity contribution in [2.75, 3.05) is 23.7 Å². The van der Waals surface area contributed by atoms with Crippen LogP contribution in [-0.4, -0.2) is 27.8 Å². The standard InChI is InChI=1S/C12H20N2O2S/c1-9-7-10(2)12(11(3)8-9)14(4)17(15,16)6-5-13/h7-8H,5-6,13H2,1-4H3. The number of aryl methyl sites for hydroxylation is 3. The van der Waals surface area contributed by atoms with Gasteiger partial charge in [0.05, 0.1) is 11.4 Å². The van der Waals surface area contributed by atoms with Crippen molar-refractivity contribution in [1.82, 2.24) is 0 Å². The molecular weight excluding hydrogens is 236 g/mol. The molecule has 0 radical (unpaired) electrons. The average molecular weight is 256 g/mol. The number of nitrogens with two attached hydrogens (primary N) is 1. The van der Waals surface area contributed by atoms with Gasteiger partial charge in [-0.05, 0) is 31.9 Å². The first kappa shape index (κ1) is 14.0. The van der Waals surface area contributed by atoms with Crippen molar-refractivity contribution in [2.24, 2.45) is 5.73 Å². The van der Waals surface area contributed by atoms with Crippen LogP contribution in [-0.2, 0) is 10.0 Å². The highest BCUT2D eigenvalue weighted by molar-refractivity contribution is 7.92. The molecule has 2 N–H and O–H groups in total. The van der Waals surface area contributed by atoms with Gasteiger partial charge in [0, 0.05) is 13.6 Å². The first-order valence-electron chi connectivity index (χ1n) is 5.54. The van der Waals surface area contributed by atoms with Gasteiger partial charge < -0.3 is 5.73 Å². The molecule has 0 saturated carbocycles. The summed E-state index contributed by atoms with van der Waals surface area (Å²) in [6.45, 7) is 5.97. The first-order chi connectivity index (χ1) is 7.79. The zero-order valence-corrected chi connectivity index (χ0v) is 11.6. The predicted molar refractivity (Wildman–Crippen MR) is 71.9 cm³/mol. The summed E-state index contributed by atoms with van der Waals surface area (Å²) in [7, 11) is -1.73. The van der Waals surface area contributed by atoms with Gasteiger partial charge in [-0.2, -0.15) is 0 Å². The number of rotatable bonds is 4. The van der Waals surface area contributed by atoms with Crippen molar-refractivity contribution < 1.29 is 8.42 Å². The first-order valence-corrected chi connectivity index (χ1v) is 7.15. The van der Waals surface area contributed by atoms with Gasteiger partial charge in [0.2, 0.25) is 10.0 Å². The van der Waals surface area contributed by atoms with E-state index >= 15 is 0 Å². The van der Waals surface area contributed by atoms with Gasteiger partial charge in [0.25, 0.3) is 0 Å². The SMILES string of the molecule is Cc1cc(C)c(N(C)S(=O)(=O)CCN)c(C)c1. The Bertz CT molecular complexity index is 486. The Labute approximate surface area is 103 Å². The summed E-state index contributed by atoms with van der Waals surface area (Å²) in [6, 6.07) is 3.97. The Morgan fingerprint density at radius 1 is 1.18 bits per heavy atom. The van der Waals surface area contributed by atoms with Crippen LogP contribution in [0.1, 0.15) is 16.7 Å². The fraction of sp³-hybridized carbons (Fsp3) is 0.500. The second-order valence-electron chi connectivity index (χ2n) is 4.32. The van der Waals surface area contributed by atoms with E-state index in [2.05, 4.69) is 0 Å². The summed E-state index contributed by atoms with van der Waals surface area (Å²) in [6.07, 6.45) is 0. The molecule has 96 valence electrons. The molecule has 17 heavy (non-hydrogen) atoms. The summed E-state index contributed by atoms with van der Waals surface area (Å²) >= 11 is 0. The minimum Gasteiger partial charge on any atom is -0.329 e. The molecule has 0 spiro atoms. The van der Waals surface area contributed by atoms with Gasteiger partial charge in [0.1, 0.15) is 0 Å². The number of benzene rings is 1. The summed E-state index contributed by atoms with van der Waals surface area (Å²) in [5.41, 5.74) is 9.14. The molecule has 1 rings (SSSR count). The van der Waals surface area contributed by atoms with Crippen molar-refractivity contribution in [3.05, 3.63) is 28.8 Å². The monoisotopic (exact) mass is 256 g/mol. The van der Waals surface area contributed by atoms with E-state index in [0.29, 0.717) is 0 Å². The van der Waals surface area contributed by atoms with Crippen LogP contribution in [0, 0.1) is 20.8 Å². The van der Waals surface area contributed by atoms with Crippen molar-refractivity contribution in [3.63, 3.8) is 0 Å². The average Bonchev–Trinajstić information content (AvgIpc) is 2.15. The van der Waals surface area contributed by atoms with Gasteiger partial charge in [-0.3, -0.25) is 4.31 Å². The number of sulfonamides is 1. The van der Waals surface area contributed by atoms with E-state index in [1.54, 1.807) is 7.05 Å². The van der Waals surface area contributed by atoms with Gasteiger partial charge in [-0.1, -0.05) is 17.7 Å². The molecule has 0 fully saturated rings. The molecule has 4 nitrogen and oxygen atoms in total. The normalized spacial score (nSPS) is 11.6. The highest BCUT2D eigenvalue weighted by Gasteiger charge is 2.20. The second kappa shape index (κ2) is 5.06. The van der Waals surface area contributed by atoms with Crippen molar-refractivity contribution in [2.45, 2.75) is 20.8 Å². The lowest BCUT2D eigenvalue weighted by Gasteiger charge is -2.23. The number of hydrogen-bond acceptors (Lipinski definition) is 3. The number of anilines is 1. The molecule has 0 heterocycles. The van der Waals surface area contributed by atoms with Gasteiger partial charge >= 0.3 is 0 Å². The molecule has 1 aromatic carbocycles. The highest BCUT2D eigenvalue weighted by atomic mass is 32.2. The maximum atomic E-state index is 12.0. The van der Waals surface area contributed by atoms with Crippen LogP contribution in [0.4, 0.5) is 5.69 Å². The third-order valence-electron chi connectivity index (χ3n) is 2.74. The largest absolute Gasteiger partial charge is 0.329 e. The molecule has 0 unspecified atom stereocenters. The van der Waals surface area contributed by atoms with Crippen molar-refractivity contribution in [3.8, 4) is 0 Å². The third-order valence-corrected chi connectivity index (χ3v) is 4.51. The summed E-state index contributed by atoms with van der Waals surface area (Å²) in [5.74, 6) is -0.0315. The maximum Gasteiger partial charge on any atom is 0.236 e. The zero-order chi connectivity index (χ0) is 13.2. The number of nitrogens with zero attached hydrogens (tertiary/aromatic N) is 1.